The highest BCUT2D eigenvalue weighted by Crippen LogP contribution is 2.31. The molecule has 21 heavy (non-hydrogen) atoms. The summed E-state index contributed by atoms with van der Waals surface area (Å²) in [5.74, 6) is 1.42. The van der Waals surface area contributed by atoms with Crippen molar-refractivity contribution in [3.8, 4) is 0 Å². The second-order valence-electron chi connectivity index (χ2n) is 7.02. The normalized spacial score (nSPS) is 31.0. The molecule has 3 rings (SSSR count). The highest BCUT2D eigenvalue weighted by molar-refractivity contribution is 5.82. The number of rotatable bonds is 3. The molecule has 0 spiro atoms. The Kier molecular flexibility index (Phi) is 4.48. The molecular weight excluding hydrogens is 266 g/mol. The van der Waals surface area contributed by atoms with Gasteiger partial charge >= 0.3 is 0 Å². The zero-order valence-corrected chi connectivity index (χ0v) is 12.9. The lowest BCUT2D eigenvalue weighted by Gasteiger charge is -2.34. The maximum Gasteiger partial charge on any atom is 0.237 e. The van der Waals surface area contributed by atoms with Crippen molar-refractivity contribution >= 4 is 11.8 Å². The van der Waals surface area contributed by atoms with E-state index in [1.165, 1.54) is 0 Å². The molecule has 2 saturated heterocycles. The van der Waals surface area contributed by atoms with Gasteiger partial charge in [0.2, 0.25) is 11.8 Å². The van der Waals surface area contributed by atoms with Crippen molar-refractivity contribution in [2.45, 2.75) is 57.5 Å². The van der Waals surface area contributed by atoms with Crippen LogP contribution in [-0.2, 0) is 9.59 Å². The molecule has 2 heterocycles. The summed E-state index contributed by atoms with van der Waals surface area (Å²) < 4.78 is 0. The van der Waals surface area contributed by atoms with E-state index in [1.807, 2.05) is 4.90 Å². The Bertz CT molecular complexity index is 400. The number of likely N-dealkylation sites (tertiary alicyclic amines) is 1. The molecule has 5 heteroatoms. The van der Waals surface area contributed by atoms with Crippen LogP contribution < -0.4 is 10.6 Å². The van der Waals surface area contributed by atoms with Crippen molar-refractivity contribution in [2.75, 3.05) is 19.6 Å². The summed E-state index contributed by atoms with van der Waals surface area (Å²) in [6, 6.07) is 0.208. The zero-order chi connectivity index (χ0) is 14.8. The van der Waals surface area contributed by atoms with E-state index in [0.29, 0.717) is 17.7 Å². The van der Waals surface area contributed by atoms with Crippen molar-refractivity contribution in [2.24, 2.45) is 11.8 Å². The third kappa shape index (κ3) is 3.76. The minimum Gasteiger partial charge on any atom is -0.352 e. The second kappa shape index (κ2) is 6.34. The van der Waals surface area contributed by atoms with E-state index >= 15 is 0 Å². The lowest BCUT2D eigenvalue weighted by atomic mass is 9.93. The molecule has 2 N–H and O–H groups in total. The van der Waals surface area contributed by atoms with Gasteiger partial charge in [-0.2, -0.15) is 0 Å². The van der Waals surface area contributed by atoms with Gasteiger partial charge in [-0.05, 0) is 51.0 Å². The fourth-order valence-corrected chi connectivity index (χ4v) is 3.44. The summed E-state index contributed by atoms with van der Waals surface area (Å²) in [5, 5.41) is 6.49. The molecule has 1 saturated carbocycles. The Morgan fingerprint density at radius 3 is 2.43 bits per heavy atom. The van der Waals surface area contributed by atoms with Gasteiger partial charge in [0, 0.05) is 25.0 Å². The molecule has 1 aliphatic carbocycles. The number of hydrogen-bond donors (Lipinski definition) is 2. The molecule has 0 aromatic rings. The first-order valence-corrected chi connectivity index (χ1v) is 8.46. The number of nitrogens with zero attached hydrogens (tertiary/aromatic N) is 1. The van der Waals surface area contributed by atoms with Crippen LogP contribution in [0.3, 0.4) is 0 Å². The molecular formula is C16H27N3O2. The van der Waals surface area contributed by atoms with Crippen LogP contribution in [0.25, 0.3) is 0 Å². The predicted octanol–water partition coefficient (Wildman–Crippen LogP) is 0.892. The smallest absolute Gasteiger partial charge is 0.237 e. The average Bonchev–Trinajstić information content (AvgIpc) is 3.32. The summed E-state index contributed by atoms with van der Waals surface area (Å²) in [7, 11) is 0. The number of carbonyl (C=O) groups excluding carboxylic acids is 2. The van der Waals surface area contributed by atoms with Crippen molar-refractivity contribution in [1.82, 2.24) is 15.5 Å². The lowest BCUT2D eigenvalue weighted by molar-refractivity contribution is -0.133. The fourth-order valence-electron chi connectivity index (χ4n) is 3.44. The number of hydrogen-bond acceptors (Lipinski definition) is 3. The molecule has 5 nitrogen and oxygen atoms in total. The molecule has 0 aromatic carbocycles. The fraction of sp³-hybridized carbons (Fsp3) is 0.875. The lowest BCUT2D eigenvalue weighted by Crippen LogP contribution is -2.53. The number of nitrogens with one attached hydrogen (secondary N) is 2. The van der Waals surface area contributed by atoms with Crippen LogP contribution in [0.2, 0.25) is 0 Å². The highest BCUT2D eigenvalue weighted by Gasteiger charge is 2.35. The summed E-state index contributed by atoms with van der Waals surface area (Å²) >= 11 is 0. The van der Waals surface area contributed by atoms with E-state index in [2.05, 4.69) is 17.6 Å². The Morgan fingerprint density at radius 1 is 1.10 bits per heavy atom. The van der Waals surface area contributed by atoms with E-state index in [9.17, 15) is 9.59 Å². The number of amides is 2. The largest absolute Gasteiger partial charge is 0.352 e. The topological polar surface area (TPSA) is 61.4 Å². The van der Waals surface area contributed by atoms with E-state index in [4.69, 9.17) is 0 Å². The van der Waals surface area contributed by atoms with Crippen LogP contribution in [0.15, 0.2) is 0 Å². The maximum absolute atomic E-state index is 12.3. The quantitative estimate of drug-likeness (QED) is 0.812. The van der Waals surface area contributed by atoms with Crippen molar-refractivity contribution < 1.29 is 9.59 Å². The number of carbonyl (C=O) groups is 2. The van der Waals surface area contributed by atoms with Gasteiger partial charge in [0.15, 0.2) is 0 Å². The molecule has 3 fully saturated rings. The van der Waals surface area contributed by atoms with Crippen LogP contribution in [-0.4, -0.2) is 48.4 Å². The Balaban J connectivity index is 1.42. The van der Waals surface area contributed by atoms with Gasteiger partial charge in [0.1, 0.15) is 0 Å². The Labute approximate surface area is 126 Å². The summed E-state index contributed by atoms with van der Waals surface area (Å²) in [4.78, 5) is 26.3. The molecule has 0 radical (unpaired) electrons. The van der Waals surface area contributed by atoms with Crippen LogP contribution in [0.4, 0.5) is 0 Å². The van der Waals surface area contributed by atoms with Crippen LogP contribution in [0.5, 0.6) is 0 Å². The summed E-state index contributed by atoms with van der Waals surface area (Å²) in [6.07, 6.45) is 6.03. The van der Waals surface area contributed by atoms with Gasteiger partial charge in [-0.25, -0.2) is 0 Å². The first kappa shape index (κ1) is 14.8. The van der Waals surface area contributed by atoms with Crippen LogP contribution in [0, 0.1) is 11.8 Å². The molecule has 0 aromatic heterocycles. The number of piperidine rings is 2. The average molecular weight is 293 g/mol. The van der Waals surface area contributed by atoms with E-state index in [-0.39, 0.29) is 18.0 Å². The van der Waals surface area contributed by atoms with E-state index < -0.39 is 0 Å². The van der Waals surface area contributed by atoms with E-state index in [1.54, 1.807) is 0 Å². The third-order valence-corrected chi connectivity index (χ3v) is 5.06. The molecule has 2 amide bonds. The van der Waals surface area contributed by atoms with Gasteiger partial charge in [0.05, 0.1) is 6.04 Å². The zero-order valence-electron chi connectivity index (χ0n) is 12.9. The first-order valence-electron chi connectivity index (χ1n) is 8.46. The molecule has 3 aliphatic rings. The van der Waals surface area contributed by atoms with E-state index in [0.717, 1.165) is 58.2 Å². The van der Waals surface area contributed by atoms with Gasteiger partial charge in [-0.3, -0.25) is 9.59 Å². The molecule has 0 bridgehead atoms. The van der Waals surface area contributed by atoms with Crippen molar-refractivity contribution in [1.29, 1.82) is 0 Å². The summed E-state index contributed by atoms with van der Waals surface area (Å²) in [5.41, 5.74) is 0. The predicted molar refractivity (Wildman–Crippen MR) is 80.7 cm³/mol. The highest BCUT2D eigenvalue weighted by atomic mass is 16.2. The SMILES string of the molecule is CC1CCNC(C(=O)NC2CCN(C(=O)C3CC3)CC2)C1. The minimum atomic E-state index is -0.0279. The Morgan fingerprint density at radius 2 is 1.81 bits per heavy atom. The van der Waals surface area contributed by atoms with Crippen molar-refractivity contribution in [3.63, 3.8) is 0 Å². The molecule has 2 atom stereocenters. The minimum absolute atomic E-state index is 0.0279. The monoisotopic (exact) mass is 293 g/mol. The molecule has 2 aliphatic heterocycles. The van der Waals surface area contributed by atoms with Gasteiger partial charge in [-0.15, -0.1) is 0 Å². The third-order valence-electron chi connectivity index (χ3n) is 5.06. The maximum atomic E-state index is 12.3. The van der Waals surface area contributed by atoms with Crippen LogP contribution in [0.1, 0.15) is 45.4 Å². The summed E-state index contributed by atoms with van der Waals surface area (Å²) in [6.45, 7) is 4.75. The van der Waals surface area contributed by atoms with Gasteiger partial charge < -0.3 is 15.5 Å². The van der Waals surface area contributed by atoms with Gasteiger partial charge in [0.25, 0.3) is 0 Å². The standard InChI is InChI=1S/C16H27N3O2/c1-11-4-7-17-14(10-11)15(20)18-13-5-8-19(9-6-13)16(21)12-2-3-12/h11-14,17H,2-10H2,1H3,(H,18,20). The van der Waals surface area contributed by atoms with Crippen molar-refractivity contribution in [3.05, 3.63) is 0 Å². The first-order chi connectivity index (χ1) is 10.1. The Hall–Kier alpha value is -1.10. The molecule has 118 valence electrons. The molecule has 2 unspecified atom stereocenters. The van der Waals surface area contributed by atoms with Crippen LogP contribution >= 0.6 is 0 Å². The van der Waals surface area contributed by atoms with Gasteiger partial charge in [-0.1, -0.05) is 6.92 Å². The second-order valence-corrected chi connectivity index (χ2v) is 7.02.